The molecule has 2 rings (SSSR count). The molecule has 0 saturated carbocycles. The Kier molecular flexibility index (Phi) is 7.49. The molecule has 2 aromatic rings. The molecule has 148 valence electrons. The van der Waals surface area contributed by atoms with E-state index in [2.05, 4.69) is 16.2 Å². The topological polar surface area (TPSA) is 94.0 Å². The molecular weight excluding hydrogens is 376 g/mol. The van der Waals surface area contributed by atoms with Crippen molar-refractivity contribution in [1.29, 1.82) is 0 Å². The lowest BCUT2D eigenvalue weighted by molar-refractivity contribution is -0.117. The minimum absolute atomic E-state index is 0.307. The Morgan fingerprint density at radius 3 is 2.21 bits per heavy atom. The number of hydrogen-bond acceptors (Lipinski definition) is 4. The van der Waals surface area contributed by atoms with E-state index in [0.717, 1.165) is 12.8 Å². The molecular formula is C19H18F4N4O. The fourth-order valence-electron chi connectivity index (χ4n) is 2.24. The molecule has 1 aromatic heterocycles. The van der Waals surface area contributed by atoms with Crippen molar-refractivity contribution in [3.05, 3.63) is 58.9 Å². The molecule has 5 N–H and O–H groups in total. The summed E-state index contributed by atoms with van der Waals surface area (Å²) in [6, 6.07) is 5.27. The predicted octanol–water partition coefficient (Wildman–Crippen LogP) is 2.43. The third-order valence-electron chi connectivity index (χ3n) is 3.79. The zero-order chi connectivity index (χ0) is 20.7. The fourth-order valence-corrected chi connectivity index (χ4v) is 2.24. The van der Waals surface area contributed by atoms with Crippen molar-refractivity contribution in [3.63, 3.8) is 0 Å². The fraction of sp³-hybridized carbons (Fsp3) is 0.263. The third kappa shape index (κ3) is 5.52. The maximum absolute atomic E-state index is 13.5. The van der Waals surface area contributed by atoms with Gasteiger partial charge in [-0.25, -0.2) is 8.78 Å². The van der Waals surface area contributed by atoms with Gasteiger partial charge in [-0.2, -0.15) is 13.8 Å². The summed E-state index contributed by atoms with van der Waals surface area (Å²) in [5, 5.41) is 2.63. The monoisotopic (exact) mass is 394 g/mol. The number of carbonyl (C=O) groups excluding carboxylic acids is 1. The van der Waals surface area contributed by atoms with E-state index in [1.54, 1.807) is 0 Å². The number of benzene rings is 1. The zero-order valence-corrected chi connectivity index (χ0v) is 14.7. The van der Waals surface area contributed by atoms with Crippen LogP contribution in [-0.2, 0) is 4.79 Å². The van der Waals surface area contributed by atoms with Crippen molar-refractivity contribution in [1.82, 2.24) is 4.98 Å². The minimum Gasteiger partial charge on any atom is -0.330 e. The highest BCUT2D eigenvalue weighted by molar-refractivity contribution is 5.94. The molecule has 0 aliphatic rings. The number of carbonyl (C=O) groups is 1. The van der Waals surface area contributed by atoms with Gasteiger partial charge in [-0.3, -0.25) is 4.79 Å². The van der Waals surface area contributed by atoms with Gasteiger partial charge in [0.1, 0.15) is 5.56 Å². The van der Waals surface area contributed by atoms with E-state index < -0.39 is 35.1 Å². The van der Waals surface area contributed by atoms with Crippen LogP contribution >= 0.6 is 0 Å². The van der Waals surface area contributed by atoms with Crippen LogP contribution in [0.3, 0.4) is 0 Å². The van der Waals surface area contributed by atoms with E-state index >= 15 is 0 Å². The van der Waals surface area contributed by atoms with Crippen LogP contribution in [-0.4, -0.2) is 23.5 Å². The third-order valence-corrected chi connectivity index (χ3v) is 3.79. The first-order chi connectivity index (χ1) is 13.3. The molecule has 0 fully saturated rings. The average Bonchev–Trinajstić information content (AvgIpc) is 2.67. The van der Waals surface area contributed by atoms with Crippen LogP contribution in [0.15, 0.2) is 24.3 Å². The first-order valence-electron chi connectivity index (χ1n) is 8.42. The summed E-state index contributed by atoms with van der Waals surface area (Å²) in [6.45, 7) is 0.531. The molecule has 1 atom stereocenters. The van der Waals surface area contributed by atoms with Gasteiger partial charge in [-0.05, 0) is 43.7 Å². The minimum atomic E-state index is -1.77. The van der Waals surface area contributed by atoms with Crippen molar-refractivity contribution in [2.24, 2.45) is 11.5 Å². The van der Waals surface area contributed by atoms with E-state index in [1.807, 2.05) is 5.92 Å². The highest BCUT2D eigenvalue weighted by Crippen LogP contribution is 2.16. The van der Waals surface area contributed by atoms with Gasteiger partial charge < -0.3 is 16.8 Å². The maximum Gasteiger partial charge on any atom is 0.253 e. The number of aromatic nitrogens is 1. The molecule has 0 bridgehead atoms. The summed E-state index contributed by atoms with van der Waals surface area (Å²) in [5.41, 5.74) is 10.9. The molecule has 0 aliphatic heterocycles. The van der Waals surface area contributed by atoms with Gasteiger partial charge in [0, 0.05) is 11.3 Å². The second-order valence-electron chi connectivity index (χ2n) is 5.90. The largest absolute Gasteiger partial charge is 0.330 e. The molecule has 0 saturated heterocycles. The Labute approximate surface area is 159 Å². The van der Waals surface area contributed by atoms with Gasteiger partial charge in [-0.15, -0.1) is 0 Å². The number of unbranched alkanes of at least 4 members (excludes halogenated alkanes) is 1. The summed E-state index contributed by atoms with van der Waals surface area (Å²) < 4.78 is 53.2. The van der Waals surface area contributed by atoms with Crippen LogP contribution in [0.25, 0.3) is 0 Å². The van der Waals surface area contributed by atoms with E-state index in [1.165, 1.54) is 24.3 Å². The quantitative estimate of drug-likeness (QED) is 0.304. The molecule has 1 aromatic carbocycles. The van der Waals surface area contributed by atoms with Crippen LogP contribution in [0.4, 0.5) is 23.2 Å². The number of anilines is 1. The standard InChI is InChI=1S/C19H18F4N4O/c20-15-13(16(21)18(23)27-17(15)22)9-6-11-4-7-12(8-5-11)26-19(28)14(25)3-1-2-10-24/h4-5,7-8,14H,1-3,10,24-25H2,(H,26,28). The number of nitrogens with two attached hydrogens (primary N) is 2. The number of nitrogens with zero attached hydrogens (tertiary/aromatic N) is 1. The number of amides is 1. The molecule has 5 nitrogen and oxygen atoms in total. The number of halogens is 4. The number of nitrogens with one attached hydrogen (secondary N) is 1. The van der Waals surface area contributed by atoms with E-state index in [9.17, 15) is 22.4 Å². The molecule has 1 unspecified atom stereocenters. The lowest BCUT2D eigenvalue weighted by Gasteiger charge is -2.12. The van der Waals surface area contributed by atoms with E-state index in [0.29, 0.717) is 24.2 Å². The van der Waals surface area contributed by atoms with Crippen molar-refractivity contribution in [2.45, 2.75) is 25.3 Å². The zero-order valence-electron chi connectivity index (χ0n) is 14.7. The van der Waals surface area contributed by atoms with Gasteiger partial charge in [0.05, 0.1) is 6.04 Å². The number of hydrogen-bond donors (Lipinski definition) is 3. The molecule has 1 amide bonds. The van der Waals surface area contributed by atoms with Gasteiger partial charge in [0.25, 0.3) is 11.9 Å². The first-order valence-corrected chi connectivity index (χ1v) is 8.42. The second-order valence-corrected chi connectivity index (χ2v) is 5.90. The normalized spacial score (nSPS) is 11.5. The summed E-state index contributed by atoms with van der Waals surface area (Å²) in [5.74, 6) is -2.80. The van der Waals surface area contributed by atoms with Crippen LogP contribution < -0.4 is 16.8 Å². The molecule has 1 heterocycles. The summed E-state index contributed by atoms with van der Waals surface area (Å²) >= 11 is 0. The van der Waals surface area contributed by atoms with E-state index in [4.69, 9.17) is 11.5 Å². The smallest absolute Gasteiger partial charge is 0.253 e. The van der Waals surface area contributed by atoms with Crippen LogP contribution in [0.1, 0.15) is 30.4 Å². The highest BCUT2D eigenvalue weighted by atomic mass is 19.2. The predicted molar refractivity (Wildman–Crippen MR) is 96.0 cm³/mol. The van der Waals surface area contributed by atoms with Gasteiger partial charge in [-0.1, -0.05) is 18.3 Å². The summed E-state index contributed by atoms with van der Waals surface area (Å²) in [4.78, 5) is 14.4. The van der Waals surface area contributed by atoms with Crippen LogP contribution in [0, 0.1) is 35.4 Å². The lowest BCUT2D eigenvalue weighted by Crippen LogP contribution is -2.35. The molecule has 28 heavy (non-hydrogen) atoms. The Hall–Kier alpha value is -2.96. The highest BCUT2D eigenvalue weighted by Gasteiger charge is 2.19. The summed E-state index contributed by atoms with van der Waals surface area (Å²) in [6.07, 6.45) is 2.02. The van der Waals surface area contributed by atoms with E-state index in [-0.39, 0.29) is 5.91 Å². The average molecular weight is 394 g/mol. The van der Waals surface area contributed by atoms with Crippen LogP contribution in [0.2, 0.25) is 0 Å². The molecule has 0 aliphatic carbocycles. The van der Waals surface area contributed by atoms with Gasteiger partial charge >= 0.3 is 0 Å². The first kappa shape index (κ1) is 21.3. The van der Waals surface area contributed by atoms with Crippen molar-refractivity contribution >= 4 is 11.6 Å². The number of pyridine rings is 1. The molecule has 9 heteroatoms. The summed E-state index contributed by atoms with van der Waals surface area (Å²) in [7, 11) is 0. The maximum atomic E-state index is 13.5. The molecule has 0 spiro atoms. The molecule has 0 radical (unpaired) electrons. The van der Waals surface area contributed by atoms with Gasteiger partial charge in [0.15, 0.2) is 11.6 Å². The lowest BCUT2D eigenvalue weighted by atomic mass is 10.1. The second kappa shape index (κ2) is 9.82. The van der Waals surface area contributed by atoms with Crippen molar-refractivity contribution in [2.75, 3.05) is 11.9 Å². The SMILES string of the molecule is NCCCCC(N)C(=O)Nc1ccc(C#Cc2c(F)c(F)nc(F)c2F)cc1. The van der Waals surface area contributed by atoms with Crippen molar-refractivity contribution < 1.29 is 22.4 Å². The Bertz CT molecular complexity index is 881. The van der Waals surface area contributed by atoms with Crippen molar-refractivity contribution in [3.8, 4) is 11.8 Å². The Morgan fingerprint density at radius 1 is 1.04 bits per heavy atom. The Balaban J connectivity index is 2.07. The Morgan fingerprint density at radius 2 is 1.64 bits per heavy atom. The van der Waals surface area contributed by atoms with Gasteiger partial charge in [0.2, 0.25) is 5.91 Å². The number of rotatable bonds is 6. The van der Waals surface area contributed by atoms with Crippen LogP contribution in [0.5, 0.6) is 0 Å².